The number of methoxy groups -OCH3 is 2. The molecule has 1 N–H and O–H groups in total. The lowest BCUT2D eigenvalue weighted by Crippen LogP contribution is -2.43. The number of ether oxygens (including phenoxy) is 2. The summed E-state index contributed by atoms with van der Waals surface area (Å²) in [6.45, 7) is 3.51. The van der Waals surface area contributed by atoms with Gasteiger partial charge in [0.05, 0.1) is 37.6 Å². The van der Waals surface area contributed by atoms with Crippen LogP contribution in [0.3, 0.4) is 0 Å². The SMILES string of the molecule is COC(=O)c1sc(NC(=O)[C@H]2CCCN(S(=O)(=O)c3cnn(C)c3C)C2)c(C(=O)OC)c1C. The first-order valence-electron chi connectivity index (χ1n) is 10.1. The van der Waals surface area contributed by atoms with Gasteiger partial charge in [0.1, 0.15) is 14.8 Å². The Balaban J connectivity index is 1.84. The number of sulfonamides is 1. The first-order chi connectivity index (χ1) is 15.5. The van der Waals surface area contributed by atoms with Crippen LogP contribution < -0.4 is 5.32 Å². The van der Waals surface area contributed by atoms with E-state index in [9.17, 15) is 22.8 Å². The Bertz CT molecular complexity index is 1200. The molecule has 2 aromatic rings. The van der Waals surface area contributed by atoms with Gasteiger partial charge in [-0.05, 0) is 32.3 Å². The molecule has 0 unspecified atom stereocenters. The van der Waals surface area contributed by atoms with E-state index in [1.807, 2.05) is 0 Å². The summed E-state index contributed by atoms with van der Waals surface area (Å²) in [4.78, 5) is 37.7. The number of hydrogen-bond donors (Lipinski definition) is 1. The number of esters is 2. The van der Waals surface area contributed by atoms with Gasteiger partial charge in [0.25, 0.3) is 0 Å². The van der Waals surface area contributed by atoms with E-state index < -0.39 is 33.8 Å². The molecule has 0 aliphatic carbocycles. The fraction of sp³-hybridized carbons (Fsp3) is 0.500. The van der Waals surface area contributed by atoms with Crippen molar-refractivity contribution >= 4 is 44.2 Å². The molecule has 180 valence electrons. The van der Waals surface area contributed by atoms with Crippen LogP contribution >= 0.6 is 11.3 Å². The average Bonchev–Trinajstić information content (AvgIpc) is 3.31. The van der Waals surface area contributed by atoms with Crippen molar-refractivity contribution in [1.29, 1.82) is 0 Å². The smallest absolute Gasteiger partial charge is 0.348 e. The Morgan fingerprint density at radius 2 is 1.85 bits per heavy atom. The number of piperidine rings is 1. The molecule has 1 atom stereocenters. The molecule has 33 heavy (non-hydrogen) atoms. The number of amides is 1. The van der Waals surface area contributed by atoms with Crippen molar-refractivity contribution in [1.82, 2.24) is 14.1 Å². The molecule has 3 heterocycles. The lowest BCUT2D eigenvalue weighted by Gasteiger charge is -2.31. The van der Waals surface area contributed by atoms with Crippen molar-refractivity contribution in [3.8, 4) is 0 Å². The van der Waals surface area contributed by atoms with E-state index >= 15 is 0 Å². The van der Waals surface area contributed by atoms with Crippen LogP contribution in [0.25, 0.3) is 0 Å². The molecule has 11 nitrogen and oxygen atoms in total. The number of anilines is 1. The summed E-state index contributed by atoms with van der Waals surface area (Å²) in [6.07, 6.45) is 2.28. The number of hydrogen-bond acceptors (Lipinski definition) is 9. The fourth-order valence-electron chi connectivity index (χ4n) is 3.70. The number of nitrogens with one attached hydrogen (secondary N) is 1. The molecule has 13 heteroatoms. The van der Waals surface area contributed by atoms with Crippen molar-refractivity contribution in [2.75, 3.05) is 32.6 Å². The normalized spacial score (nSPS) is 16.9. The molecule has 0 bridgehead atoms. The molecule has 1 fully saturated rings. The summed E-state index contributed by atoms with van der Waals surface area (Å²) < 4.78 is 38.6. The molecule has 0 saturated carbocycles. The molecular formula is C20H26N4O7S2. The summed E-state index contributed by atoms with van der Waals surface area (Å²) in [5, 5.41) is 6.86. The van der Waals surface area contributed by atoms with Crippen LogP contribution in [0.15, 0.2) is 11.1 Å². The van der Waals surface area contributed by atoms with Crippen molar-refractivity contribution in [2.24, 2.45) is 13.0 Å². The van der Waals surface area contributed by atoms with E-state index in [1.165, 1.54) is 29.4 Å². The lowest BCUT2D eigenvalue weighted by atomic mass is 9.99. The third-order valence-corrected chi connectivity index (χ3v) is 8.86. The Morgan fingerprint density at radius 1 is 1.18 bits per heavy atom. The van der Waals surface area contributed by atoms with Gasteiger partial charge in [-0.25, -0.2) is 18.0 Å². The predicted octanol–water partition coefficient (Wildman–Crippen LogP) is 1.71. The molecule has 1 aliphatic heterocycles. The highest BCUT2D eigenvalue weighted by atomic mass is 32.2. The van der Waals surface area contributed by atoms with E-state index in [0.717, 1.165) is 11.3 Å². The molecule has 1 amide bonds. The van der Waals surface area contributed by atoms with Crippen LogP contribution in [0.5, 0.6) is 0 Å². The van der Waals surface area contributed by atoms with E-state index in [1.54, 1.807) is 20.9 Å². The lowest BCUT2D eigenvalue weighted by molar-refractivity contribution is -0.120. The summed E-state index contributed by atoms with van der Waals surface area (Å²) >= 11 is 0.913. The minimum atomic E-state index is -3.82. The second kappa shape index (κ2) is 9.61. The van der Waals surface area contributed by atoms with Gasteiger partial charge in [0.15, 0.2) is 0 Å². The van der Waals surface area contributed by atoms with Crippen molar-refractivity contribution in [3.05, 3.63) is 27.9 Å². The predicted molar refractivity (Wildman–Crippen MR) is 120 cm³/mol. The van der Waals surface area contributed by atoms with Crippen molar-refractivity contribution < 1.29 is 32.3 Å². The fourth-order valence-corrected chi connectivity index (χ4v) is 6.52. The van der Waals surface area contributed by atoms with E-state index in [2.05, 4.69) is 10.4 Å². The first kappa shape index (κ1) is 24.9. The zero-order chi connectivity index (χ0) is 24.5. The highest BCUT2D eigenvalue weighted by Gasteiger charge is 2.36. The molecule has 0 spiro atoms. The van der Waals surface area contributed by atoms with Gasteiger partial charge in [-0.15, -0.1) is 11.3 Å². The van der Waals surface area contributed by atoms with Gasteiger partial charge < -0.3 is 14.8 Å². The molecular weight excluding hydrogens is 472 g/mol. The standard InChI is InChI=1S/C20H26N4O7S2/c1-11-15(19(26)30-4)18(32-16(11)20(27)31-5)22-17(25)13-7-6-8-24(10-13)33(28,29)14-9-21-23(3)12(14)2/h9,13H,6-8,10H2,1-5H3,(H,22,25)/t13-/m0/s1. The minimum Gasteiger partial charge on any atom is -0.465 e. The van der Waals surface area contributed by atoms with E-state index in [4.69, 9.17) is 9.47 Å². The molecule has 0 radical (unpaired) electrons. The van der Waals surface area contributed by atoms with Gasteiger partial charge in [0.2, 0.25) is 15.9 Å². The summed E-state index contributed by atoms with van der Waals surface area (Å²) in [7, 11) is 0.264. The largest absolute Gasteiger partial charge is 0.465 e. The number of rotatable bonds is 6. The molecule has 2 aromatic heterocycles. The van der Waals surface area contributed by atoms with Crippen molar-refractivity contribution in [2.45, 2.75) is 31.6 Å². The number of thiophene rings is 1. The third kappa shape index (κ3) is 4.66. The van der Waals surface area contributed by atoms with Crippen molar-refractivity contribution in [3.63, 3.8) is 0 Å². The molecule has 0 aromatic carbocycles. The number of carbonyl (C=O) groups is 3. The zero-order valence-corrected chi connectivity index (χ0v) is 20.6. The monoisotopic (exact) mass is 498 g/mol. The number of nitrogens with zero attached hydrogens (tertiary/aromatic N) is 3. The van der Waals surface area contributed by atoms with Gasteiger partial charge in [-0.2, -0.15) is 9.40 Å². The van der Waals surface area contributed by atoms with Gasteiger partial charge in [-0.3, -0.25) is 9.48 Å². The topological polar surface area (TPSA) is 137 Å². The Hall–Kier alpha value is -2.77. The third-order valence-electron chi connectivity index (χ3n) is 5.71. The molecule has 1 saturated heterocycles. The maximum atomic E-state index is 13.1. The second-order valence-corrected chi connectivity index (χ2v) is 10.6. The highest BCUT2D eigenvalue weighted by molar-refractivity contribution is 7.89. The Kier molecular flexibility index (Phi) is 7.24. The minimum absolute atomic E-state index is 0.00965. The maximum absolute atomic E-state index is 13.1. The number of aromatic nitrogens is 2. The average molecular weight is 499 g/mol. The second-order valence-electron chi connectivity index (χ2n) is 7.65. The Labute approximate surface area is 195 Å². The summed E-state index contributed by atoms with van der Waals surface area (Å²) in [5.41, 5.74) is 0.921. The van der Waals surface area contributed by atoms with E-state index in [0.29, 0.717) is 30.6 Å². The van der Waals surface area contributed by atoms with Crippen LogP contribution in [0.2, 0.25) is 0 Å². The number of aryl methyl sites for hydroxylation is 1. The van der Waals surface area contributed by atoms with E-state index in [-0.39, 0.29) is 26.9 Å². The Morgan fingerprint density at radius 3 is 2.42 bits per heavy atom. The first-order valence-corrected chi connectivity index (χ1v) is 12.4. The molecule has 3 rings (SSSR count). The van der Waals surface area contributed by atoms with Crippen LogP contribution in [-0.4, -0.2) is 67.7 Å². The summed E-state index contributed by atoms with van der Waals surface area (Å²) in [6, 6.07) is 0. The van der Waals surface area contributed by atoms with Gasteiger partial charge >= 0.3 is 11.9 Å². The van der Waals surface area contributed by atoms with Gasteiger partial charge in [-0.1, -0.05) is 0 Å². The zero-order valence-electron chi connectivity index (χ0n) is 19.0. The highest BCUT2D eigenvalue weighted by Crippen LogP contribution is 2.35. The maximum Gasteiger partial charge on any atom is 0.348 e. The van der Waals surface area contributed by atoms with Crippen LogP contribution in [-0.2, 0) is 31.3 Å². The van der Waals surface area contributed by atoms with Gasteiger partial charge in [0, 0.05) is 20.1 Å². The van der Waals surface area contributed by atoms with Crippen LogP contribution in [0, 0.1) is 19.8 Å². The van der Waals surface area contributed by atoms with Crippen LogP contribution in [0.4, 0.5) is 5.00 Å². The van der Waals surface area contributed by atoms with Crippen LogP contribution in [0.1, 0.15) is 44.1 Å². The quantitative estimate of drug-likeness (QED) is 0.595. The number of carbonyl (C=O) groups excluding carboxylic acids is 3. The summed E-state index contributed by atoms with van der Waals surface area (Å²) in [5.74, 6) is -2.42. The molecule has 1 aliphatic rings.